The quantitative estimate of drug-likeness (QED) is 0.647. The van der Waals surface area contributed by atoms with Crippen LogP contribution in [0, 0.1) is 0 Å². The Bertz CT molecular complexity index is 544. The summed E-state index contributed by atoms with van der Waals surface area (Å²) >= 11 is 11.6. The topological polar surface area (TPSA) is 70.6 Å². The van der Waals surface area contributed by atoms with E-state index in [1.165, 1.54) is 0 Å². The first-order valence-corrected chi connectivity index (χ1v) is 6.75. The van der Waals surface area contributed by atoms with Crippen LogP contribution in [0.4, 0.5) is 5.69 Å². The van der Waals surface area contributed by atoms with Crippen LogP contribution in [0.1, 0.15) is 26.7 Å². The lowest BCUT2D eigenvalue weighted by Crippen LogP contribution is -2.20. The van der Waals surface area contributed by atoms with E-state index in [1.54, 1.807) is 32.0 Å². The lowest BCUT2D eigenvalue weighted by atomic mass is 10.2. The van der Waals surface area contributed by atoms with Gasteiger partial charge in [-0.2, -0.15) is 5.10 Å². The Kier molecular flexibility index (Phi) is 6.48. The summed E-state index contributed by atoms with van der Waals surface area (Å²) in [5.41, 5.74) is 3.40. The van der Waals surface area contributed by atoms with Gasteiger partial charge in [0.2, 0.25) is 11.8 Å². The van der Waals surface area contributed by atoms with Crippen molar-refractivity contribution in [2.75, 3.05) is 5.32 Å². The highest BCUT2D eigenvalue weighted by Gasteiger charge is 2.06. The zero-order valence-electron chi connectivity index (χ0n) is 11.2. The highest BCUT2D eigenvalue weighted by molar-refractivity contribution is 6.42. The summed E-state index contributed by atoms with van der Waals surface area (Å²) in [6.45, 7) is 3.38. The van der Waals surface area contributed by atoms with Gasteiger partial charge in [-0.25, -0.2) is 5.43 Å². The van der Waals surface area contributed by atoms with Crippen LogP contribution >= 0.6 is 23.2 Å². The molecule has 0 aliphatic heterocycles. The van der Waals surface area contributed by atoms with Crippen molar-refractivity contribution in [1.82, 2.24) is 5.43 Å². The van der Waals surface area contributed by atoms with Gasteiger partial charge in [-0.3, -0.25) is 9.59 Å². The van der Waals surface area contributed by atoms with Crippen molar-refractivity contribution in [3.05, 3.63) is 28.2 Å². The number of benzene rings is 1. The molecule has 1 aromatic rings. The maximum atomic E-state index is 11.8. The number of anilines is 1. The number of carbonyl (C=O) groups is 2. The van der Waals surface area contributed by atoms with Gasteiger partial charge < -0.3 is 5.32 Å². The summed E-state index contributed by atoms with van der Waals surface area (Å²) in [6, 6.07) is 4.81. The molecule has 0 unspecified atom stereocenters. The Hall–Kier alpha value is -1.59. The molecule has 0 saturated heterocycles. The SMILES string of the molecule is CCC(=O)NN=C(C)CC(=O)Nc1ccc(Cl)c(Cl)c1. The fourth-order valence-corrected chi connectivity index (χ4v) is 1.59. The van der Waals surface area contributed by atoms with Crippen LogP contribution in [0.15, 0.2) is 23.3 Å². The molecule has 1 aromatic carbocycles. The summed E-state index contributed by atoms with van der Waals surface area (Å²) in [4.78, 5) is 22.8. The second-order valence-electron chi connectivity index (χ2n) is 4.09. The molecule has 20 heavy (non-hydrogen) atoms. The van der Waals surface area contributed by atoms with Crippen LogP contribution in [-0.4, -0.2) is 17.5 Å². The zero-order chi connectivity index (χ0) is 15.1. The van der Waals surface area contributed by atoms with Crippen molar-refractivity contribution >= 4 is 46.4 Å². The number of amides is 2. The van der Waals surface area contributed by atoms with E-state index < -0.39 is 0 Å². The zero-order valence-corrected chi connectivity index (χ0v) is 12.7. The third-order valence-corrected chi connectivity index (χ3v) is 3.05. The van der Waals surface area contributed by atoms with Gasteiger partial charge in [0, 0.05) is 17.8 Å². The fraction of sp³-hybridized carbons (Fsp3) is 0.308. The Labute approximate surface area is 127 Å². The molecule has 5 nitrogen and oxygen atoms in total. The lowest BCUT2D eigenvalue weighted by Gasteiger charge is -2.06. The largest absolute Gasteiger partial charge is 0.326 e. The molecule has 1 rings (SSSR count). The first-order chi connectivity index (χ1) is 9.42. The van der Waals surface area contributed by atoms with E-state index in [1.807, 2.05) is 0 Å². The van der Waals surface area contributed by atoms with E-state index in [9.17, 15) is 9.59 Å². The summed E-state index contributed by atoms with van der Waals surface area (Å²) in [5.74, 6) is -0.454. The number of hydrazone groups is 1. The van der Waals surface area contributed by atoms with Crippen molar-refractivity contribution in [3.63, 3.8) is 0 Å². The predicted octanol–water partition coefficient (Wildman–Crippen LogP) is 3.22. The maximum absolute atomic E-state index is 11.8. The standard InChI is InChI=1S/C13H15Cl2N3O2/c1-3-12(19)18-17-8(2)6-13(20)16-9-4-5-10(14)11(15)7-9/h4-5,7H,3,6H2,1-2H3,(H,16,20)(H,18,19). The number of halogens is 2. The van der Waals surface area contributed by atoms with E-state index in [-0.39, 0.29) is 18.2 Å². The number of nitrogens with one attached hydrogen (secondary N) is 2. The second-order valence-corrected chi connectivity index (χ2v) is 4.90. The minimum atomic E-state index is -0.254. The monoisotopic (exact) mass is 315 g/mol. The van der Waals surface area contributed by atoms with E-state index in [0.29, 0.717) is 27.9 Å². The van der Waals surface area contributed by atoms with Crippen molar-refractivity contribution in [3.8, 4) is 0 Å². The summed E-state index contributed by atoms with van der Waals surface area (Å²) in [7, 11) is 0. The number of hydrogen-bond acceptors (Lipinski definition) is 3. The second kappa shape index (κ2) is 7.87. The molecule has 0 spiro atoms. The number of nitrogens with zero attached hydrogens (tertiary/aromatic N) is 1. The summed E-state index contributed by atoms with van der Waals surface area (Å²) in [5, 5.41) is 7.27. The van der Waals surface area contributed by atoms with Crippen LogP contribution in [0.3, 0.4) is 0 Å². The molecular weight excluding hydrogens is 301 g/mol. The smallest absolute Gasteiger partial charge is 0.239 e. The summed E-state index contributed by atoms with van der Waals surface area (Å²) < 4.78 is 0. The average Bonchev–Trinajstić information content (AvgIpc) is 2.40. The normalized spacial score (nSPS) is 11.1. The maximum Gasteiger partial charge on any atom is 0.239 e. The van der Waals surface area contributed by atoms with Crippen molar-refractivity contribution in [1.29, 1.82) is 0 Å². The van der Waals surface area contributed by atoms with E-state index in [4.69, 9.17) is 23.2 Å². The minimum absolute atomic E-state index is 0.0737. The molecule has 0 atom stereocenters. The third kappa shape index (κ3) is 5.59. The van der Waals surface area contributed by atoms with Crippen LogP contribution in [0.5, 0.6) is 0 Å². The van der Waals surface area contributed by atoms with Crippen LogP contribution < -0.4 is 10.7 Å². The van der Waals surface area contributed by atoms with Crippen LogP contribution in [0.25, 0.3) is 0 Å². The van der Waals surface area contributed by atoms with Gasteiger partial charge in [0.15, 0.2) is 0 Å². The minimum Gasteiger partial charge on any atom is -0.326 e. The molecule has 0 heterocycles. The molecule has 0 aliphatic rings. The van der Waals surface area contributed by atoms with Gasteiger partial charge in [-0.1, -0.05) is 30.1 Å². The molecule has 7 heteroatoms. The van der Waals surface area contributed by atoms with Crippen molar-refractivity contribution in [2.24, 2.45) is 5.10 Å². The van der Waals surface area contributed by atoms with Crippen molar-refractivity contribution in [2.45, 2.75) is 26.7 Å². The molecule has 2 N–H and O–H groups in total. The molecule has 0 fully saturated rings. The Balaban J connectivity index is 2.54. The summed E-state index contributed by atoms with van der Waals surface area (Å²) in [6.07, 6.45) is 0.413. The Morgan fingerprint density at radius 3 is 2.50 bits per heavy atom. The van der Waals surface area contributed by atoms with Gasteiger partial charge in [0.05, 0.1) is 16.5 Å². The average molecular weight is 316 g/mol. The molecular formula is C13H15Cl2N3O2. The van der Waals surface area contributed by atoms with Gasteiger partial charge in [-0.05, 0) is 25.1 Å². The molecule has 0 saturated carbocycles. The van der Waals surface area contributed by atoms with Gasteiger partial charge >= 0.3 is 0 Å². The van der Waals surface area contributed by atoms with Gasteiger partial charge in [0.25, 0.3) is 0 Å². The van der Waals surface area contributed by atoms with Crippen molar-refractivity contribution < 1.29 is 9.59 Å². The van der Waals surface area contributed by atoms with Crippen LogP contribution in [0.2, 0.25) is 10.0 Å². The molecule has 0 bridgehead atoms. The van der Waals surface area contributed by atoms with Crippen LogP contribution in [-0.2, 0) is 9.59 Å². The number of carbonyl (C=O) groups excluding carboxylic acids is 2. The predicted molar refractivity (Wildman–Crippen MR) is 81.3 cm³/mol. The van der Waals surface area contributed by atoms with E-state index in [0.717, 1.165) is 0 Å². The first kappa shape index (κ1) is 16.5. The highest BCUT2D eigenvalue weighted by atomic mass is 35.5. The Morgan fingerprint density at radius 1 is 1.20 bits per heavy atom. The van der Waals surface area contributed by atoms with Gasteiger partial charge in [0.1, 0.15) is 0 Å². The molecule has 0 radical (unpaired) electrons. The molecule has 108 valence electrons. The highest BCUT2D eigenvalue weighted by Crippen LogP contribution is 2.24. The fourth-order valence-electron chi connectivity index (χ4n) is 1.29. The number of rotatable bonds is 5. The number of hydrogen-bond donors (Lipinski definition) is 2. The van der Waals surface area contributed by atoms with Gasteiger partial charge in [-0.15, -0.1) is 0 Å². The molecule has 0 aliphatic carbocycles. The lowest BCUT2D eigenvalue weighted by molar-refractivity contribution is -0.121. The van der Waals surface area contributed by atoms with E-state index >= 15 is 0 Å². The molecule has 0 aromatic heterocycles. The first-order valence-electron chi connectivity index (χ1n) is 5.99. The molecule has 2 amide bonds. The third-order valence-electron chi connectivity index (χ3n) is 2.31. The van der Waals surface area contributed by atoms with E-state index in [2.05, 4.69) is 15.8 Å². The Morgan fingerprint density at radius 2 is 1.90 bits per heavy atom.